The van der Waals surface area contributed by atoms with Crippen LogP contribution in [0, 0.1) is 6.92 Å². The molecule has 0 fully saturated rings. The lowest BCUT2D eigenvalue weighted by Gasteiger charge is -2.02. The first-order valence-corrected chi connectivity index (χ1v) is 5.59. The second kappa shape index (κ2) is 6.38. The first-order chi connectivity index (χ1) is 8.16. The number of nitrogens with one attached hydrogen (secondary N) is 1. The van der Waals surface area contributed by atoms with Crippen LogP contribution in [0.25, 0.3) is 0 Å². The lowest BCUT2D eigenvalue weighted by molar-refractivity contribution is -0.647. The number of hydrogen-bond acceptors (Lipinski definition) is 1. The molecule has 94 valence electrons. The molecule has 0 atom stereocenters. The van der Waals surface area contributed by atoms with E-state index in [2.05, 4.69) is 5.43 Å². The number of benzene rings is 1. The number of amides is 1. The number of halogens is 2. The van der Waals surface area contributed by atoms with Gasteiger partial charge in [-0.2, -0.15) is 0 Å². The average Bonchev–Trinajstić information content (AvgIpc) is 2.32. The summed E-state index contributed by atoms with van der Waals surface area (Å²) in [4.78, 5) is 11.9. The summed E-state index contributed by atoms with van der Waals surface area (Å²) < 4.78 is 1.67. The van der Waals surface area contributed by atoms with Crippen LogP contribution in [0.1, 0.15) is 16.1 Å². The van der Waals surface area contributed by atoms with Crippen molar-refractivity contribution in [1.29, 1.82) is 0 Å². The van der Waals surface area contributed by atoms with Gasteiger partial charge in [0.1, 0.15) is 0 Å². The van der Waals surface area contributed by atoms with E-state index in [-0.39, 0.29) is 18.3 Å². The molecule has 0 radical (unpaired) electrons. The van der Waals surface area contributed by atoms with E-state index in [0.29, 0.717) is 10.6 Å². The van der Waals surface area contributed by atoms with E-state index in [1.165, 1.54) is 0 Å². The van der Waals surface area contributed by atoms with Crippen LogP contribution in [0.5, 0.6) is 0 Å². The van der Waals surface area contributed by atoms with Gasteiger partial charge in [-0.25, -0.2) is 0 Å². The maximum atomic E-state index is 11.9. The van der Waals surface area contributed by atoms with Gasteiger partial charge in [0.25, 0.3) is 0 Å². The molecule has 1 heterocycles. The van der Waals surface area contributed by atoms with Gasteiger partial charge in [-0.05, 0) is 24.3 Å². The number of pyridine rings is 1. The topological polar surface area (TPSA) is 33.0 Å². The zero-order valence-corrected chi connectivity index (χ0v) is 11.2. The molecule has 0 aliphatic rings. The van der Waals surface area contributed by atoms with Gasteiger partial charge in [0.05, 0.1) is 0 Å². The summed E-state index contributed by atoms with van der Waals surface area (Å²) in [7, 11) is 0. The Hall–Kier alpha value is -1.58. The largest absolute Gasteiger partial charge is 1.00 e. The minimum absolute atomic E-state index is 0. The van der Waals surface area contributed by atoms with E-state index in [1.807, 2.05) is 25.1 Å². The number of rotatable bonds is 2. The second-order valence-corrected chi connectivity index (χ2v) is 4.10. The van der Waals surface area contributed by atoms with Crippen LogP contribution < -0.4 is 22.5 Å². The summed E-state index contributed by atoms with van der Waals surface area (Å²) in [5.41, 5.74) is 4.26. The first-order valence-electron chi connectivity index (χ1n) is 5.21. The number of carbonyl (C=O) groups is 1. The molecule has 2 rings (SSSR count). The zero-order valence-electron chi connectivity index (χ0n) is 9.73. The number of aryl methyl sites for hydroxylation is 1. The Morgan fingerprint density at radius 2 is 2.00 bits per heavy atom. The lowest BCUT2D eigenvalue weighted by Crippen LogP contribution is -3.00. The molecule has 0 aliphatic heterocycles. The van der Waals surface area contributed by atoms with Crippen molar-refractivity contribution in [2.45, 2.75) is 6.92 Å². The van der Waals surface area contributed by atoms with Gasteiger partial charge in [0.2, 0.25) is 5.69 Å². The molecule has 1 N–H and O–H groups in total. The van der Waals surface area contributed by atoms with E-state index < -0.39 is 0 Å². The molecule has 3 nitrogen and oxygen atoms in total. The number of hydrogen-bond donors (Lipinski definition) is 1. The van der Waals surface area contributed by atoms with Crippen molar-refractivity contribution in [3.63, 3.8) is 0 Å². The van der Waals surface area contributed by atoms with Gasteiger partial charge < -0.3 is 12.4 Å². The van der Waals surface area contributed by atoms with Gasteiger partial charge in [0, 0.05) is 29.6 Å². The minimum atomic E-state index is -0.188. The van der Waals surface area contributed by atoms with Crippen LogP contribution in [-0.2, 0) is 0 Å². The highest BCUT2D eigenvalue weighted by Gasteiger charge is 2.12. The predicted octanol–water partition coefficient (Wildman–Crippen LogP) is -0.676. The van der Waals surface area contributed by atoms with Crippen molar-refractivity contribution in [3.8, 4) is 0 Å². The molecule has 0 spiro atoms. The molecule has 2 aromatic rings. The Balaban J connectivity index is 0.00000162. The average molecular weight is 283 g/mol. The summed E-state index contributed by atoms with van der Waals surface area (Å²) >= 11 is 5.84. The maximum absolute atomic E-state index is 11.9. The normalized spacial score (nSPS) is 9.44. The number of nitrogens with zero attached hydrogens (tertiary/aromatic N) is 1. The smallest absolute Gasteiger partial charge is 0.305 e. The van der Waals surface area contributed by atoms with Crippen LogP contribution in [0.3, 0.4) is 0 Å². The Morgan fingerprint density at radius 1 is 1.22 bits per heavy atom. The van der Waals surface area contributed by atoms with Crippen molar-refractivity contribution in [2.75, 3.05) is 5.43 Å². The standard InChI is InChI=1S/C13H11ClN2O.ClH/c1-10-5-2-3-8-16(10)15-13(17)11-6-4-7-12(14)9-11;/h2-9H,1H3;1H. The molecule has 0 saturated heterocycles. The first kappa shape index (κ1) is 14.5. The molecule has 0 saturated carbocycles. The maximum Gasteiger partial charge on any atom is 0.305 e. The number of carbonyl (C=O) groups excluding carboxylic acids is 1. The Kier molecular flexibility index (Phi) is 5.13. The molecule has 0 unspecified atom stereocenters. The highest BCUT2D eigenvalue weighted by Crippen LogP contribution is 2.10. The third-order valence-corrected chi connectivity index (χ3v) is 2.61. The van der Waals surface area contributed by atoms with Gasteiger partial charge >= 0.3 is 5.91 Å². The fourth-order valence-electron chi connectivity index (χ4n) is 1.46. The van der Waals surface area contributed by atoms with E-state index in [4.69, 9.17) is 11.6 Å². The van der Waals surface area contributed by atoms with E-state index in [9.17, 15) is 4.79 Å². The highest BCUT2D eigenvalue weighted by atomic mass is 35.5. The molecule has 1 aromatic heterocycles. The van der Waals surface area contributed by atoms with Crippen LogP contribution >= 0.6 is 11.6 Å². The van der Waals surface area contributed by atoms with Crippen molar-refractivity contribution in [3.05, 3.63) is 64.9 Å². The van der Waals surface area contributed by atoms with E-state index in [1.54, 1.807) is 35.1 Å². The second-order valence-electron chi connectivity index (χ2n) is 3.66. The molecule has 1 aromatic carbocycles. The fraction of sp³-hybridized carbons (Fsp3) is 0.0769. The molecule has 18 heavy (non-hydrogen) atoms. The summed E-state index contributed by atoms with van der Waals surface area (Å²) in [5.74, 6) is -0.188. The Labute approximate surface area is 117 Å². The Bertz CT molecular complexity index is 558. The quantitative estimate of drug-likeness (QED) is 0.728. The van der Waals surface area contributed by atoms with Gasteiger partial charge in [-0.3, -0.25) is 4.79 Å². The van der Waals surface area contributed by atoms with Crippen LogP contribution in [0.4, 0.5) is 0 Å². The van der Waals surface area contributed by atoms with Crippen molar-refractivity contribution in [1.82, 2.24) is 0 Å². The molecular formula is C13H12Cl2N2O. The fourth-order valence-corrected chi connectivity index (χ4v) is 1.65. The van der Waals surface area contributed by atoms with E-state index in [0.717, 1.165) is 5.69 Å². The molecule has 0 aliphatic carbocycles. The van der Waals surface area contributed by atoms with Crippen LogP contribution in [0.15, 0.2) is 48.7 Å². The van der Waals surface area contributed by atoms with E-state index >= 15 is 0 Å². The van der Waals surface area contributed by atoms with Gasteiger partial charge in [-0.1, -0.05) is 22.3 Å². The van der Waals surface area contributed by atoms with Gasteiger partial charge in [0.15, 0.2) is 6.20 Å². The third-order valence-electron chi connectivity index (χ3n) is 2.37. The minimum Gasteiger partial charge on any atom is -1.00 e. The van der Waals surface area contributed by atoms with Crippen LogP contribution in [0.2, 0.25) is 5.02 Å². The summed E-state index contributed by atoms with van der Waals surface area (Å²) in [5, 5.41) is 0.549. The van der Waals surface area contributed by atoms with Gasteiger partial charge in [-0.15, -0.1) is 5.43 Å². The summed E-state index contributed by atoms with van der Waals surface area (Å²) in [6, 6.07) is 12.5. The molecule has 1 amide bonds. The Morgan fingerprint density at radius 3 is 2.67 bits per heavy atom. The number of aromatic nitrogens is 1. The molecule has 5 heteroatoms. The SMILES string of the molecule is Cc1cccc[n+]1NC(=O)c1cccc(Cl)c1.[Cl-]. The third kappa shape index (κ3) is 3.45. The van der Waals surface area contributed by atoms with Crippen molar-refractivity contribution < 1.29 is 21.9 Å². The molecular weight excluding hydrogens is 271 g/mol. The van der Waals surface area contributed by atoms with Crippen molar-refractivity contribution in [2.24, 2.45) is 0 Å². The molecule has 0 bridgehead atoms. The summed E-state index contributed by atoms with van der Waals surface area (Å²) in [6.45, 7) is 1.91. The predicted molar refractivity (Wildman–Crippen MR) is 66.5 cm³/mol. The van der Waals surface area contributed by atoms with Crippen molar-refractivity contribution >= 4 is 17.5 Å². The zero-order chi connectivity index (χ0) is 12.3. The highest BCUT2D eigenvalue weighted by molar-refractivity contribution is 6.31. The van der Waals surface area contributed by atoms with Crippen LogP contribution in [-0.4, -0.2) is 5.91 Å². The lowest BCUT2D eigenvalue weighted by atomic mass is 10.2. The monoisotopic (exact) mass is 282 g/mol. The summed E-state index contributed by atoms with van der Waals surface area (Å²) in [6.07, 6.45) is 1.79.